The van der Waals surface area contributed by atoms with E-state index in [4.69, 9.17) is 9.47 Å². The van der Waals surface area contributed by atoms with Crippen LogP contribution >= 0.6 is 0 Å². The van der Waals surface area contributed by atoms with Gasteiger partial charge in [-0.3, -0.25) is 9.69 Å². The number of hydrogen-bond donors (Lipinski definition) is 1. The number of esters is 1. The van der Waals surface area contributed by atoms with E-state index in [9.17, 15) is 9.59 Å². The summed E-state index contributed by atoms with van der Waals surface area (Å²) in [4.78, 5) is 25.9. The third kappa shape index (κ3) is 5.33. The minimum atomic E-state index is -0.796. The molecule has 1 aliphatic heterocycles. The van der Waals surface area contributed by atoms with E-state index in [1.807, 2.05) is 19.1 Å². The zero-order chi connectivity index (χ0) is 16.7. The Bertz CT molecular complexity index is 524. The van der Waals surface area contributed by atoms with E-state index in [-0.39, 0.29) is 5.91 Å². The summed E-state index contributed by atoms with van der Waals surface area (Å²) in [7, 11) is 0. The highest BCUT2D eigenvalue weighted by molar-refractivity contribution is 5.92. The highest BCUT2D eigenvalue weighted by atomic mass is 16.5. The summed E-state index contributed by atoms with van der Waals surface area (Å²) in [6.07, 6.45) is -0.796. The number of morpholine rings is 1. The van der Waals surface area contributed by atoms with Crippen LogP contribution in [0.3, 0.4) is 0 Å². The molecule has 0 bridgehead atoms. The van der Waals surface area contributed by atoms with E-state index in [1.165, 1.54) is 0 Å². The van der Waals surface area contributed by atoms with Crippen LogP contribution in [-0.4, -0.2) is 55.7 Å². The normalized spacial score (nSPS) is 16.6. The van der Waals surface area contributed by atoms with Crippen molar-refractivity contribution in [2.24, 2.45) is 0 Å². The van der Waals surface area contributed by atoms with E-state index in [0.29, 0.717) is 12.1 Å². The smallest absolute Gasteiger partial charge is 0.338 e. The number of amides is 1. The maximum atomic E-state index is 12.0. The molecule has 0 aliphatic carbocycles. The molecule has 1 N–H and O–H groups in total. The van der Waals surface area contributed by atoms with Crippen LogP contribution in [0.15, 0.2) is 24.3 Å². The SMILES string of the molecule is CCNC(=O)[C@@H](C)OC(=O)c1ccc(CN2CCOCC2)cc1. The lowest BCUT2D eigenvalue weighted by atomic mass is 10.1. The van der Waals surface area contributed by atoms with Crippen LogP contribution in [0, 0.1) is 0 Å². The number of rotatable bonds is 6. The molecule has 1 aromatic rings. The van der Waals surface area contributed by atoms with Crippen molar-refractivity contribution in [1.82, 2.24) is 10.2 Å². The number of hydrogen-bond acceptors (Lipinski definition) is 5. The van der Waals surface area contributed by atoms with Crippen LogP contribution in [0.25, 0.3) is 0 Å². The number of carbonyl (C=O) groups is 2. The number of nitrogens with one attached hydrogen (secondary N) is 1. The molecule has 0 aromatic heterocycles. The second-order valence-corrected chi connectivity index (χ2v) is 5.53. The average molecular weight is 320 g/mol. The number of carbonyl (C=O) groups excluding carboxylic acids is 2. The number of ether oxygens (including phenoxy) is 2. The minimum absolute atomic E-state index is 0.287. The zero-order valence-corrected chi connectivity index (χ0v) is 13.7. The van der Waals surface area contributed by atoms with Gasteiger partial charge in [0, 0.05) is 26.2 Å². The quantitative estimate of drug-likeness (QED) is 0.798. The first-order valence-electron chi connectivity index (χ1n) is 7.98. The summed E-state index contributed by atoms with van der Waals surface area (Å²) >= 11 is 0. The molecule has 23 heavy (non-hydrogen) atoms. The summed E-state index contributed by atoms with van der Waals surface area (Å²) < 4.78 is 10.5. The van der Waals surface area contributed by atoms with Crippen LogP contribution in [-0.2, 0) is 20.8 Å². The Morgan fingerprint density at radius 2 is 1.91 bits per heavy atom. The fourth-order valence-corrected chi connectivity index (χ4v) is 2.36. The highest BCUT2D eigenvalue weighted by Gasteiger charge is 2.18. The number of likely N-dealkylation sites (N-methyl/N-ethyl adjacent to an activating group) is 1. The van der Waals surface area contributed by atoms with Gasteiger partial charge in [-0.25, -0.2) is 4.79 Å². The fourth-order valence-electron chi connectivity index (χ4n) is 2.36. The lowest BCUT2D eigenvalue weighted by Gasteiger charge is -2.26. The van der Waals surface area contributed by atoms with E-state index in [1.54, 1.807) is 19.1 Å². The molecular weight excluding hydrogens is 296 g/mol. The molecule has 0 saturated carbocycles. The Hall–Kier alpha value is -1.92. The van der Waals surface area contributed by atoms with Gasteiger partial charge in [0.05, 0.1) is 18.8 Å². The number of benzene rings is 1. The van der Waals surface area contributed by atoms with Gasteiger partial charge in [0.15, 0.2) is 6.10 Å². The van der Waals surface area contributed by atoms with Gasteiger partial charge in [0.25, 0.3) is 5.91 Å². The van der Waals surface area contributed by atoms with Gasteiger partial charge in [-0.1, -0.05) is 12.1 Å². The van der Waals surface area contributed by atoms with Gasteiger partial charge in [-0.15, -0.1) is 0 Å². The van der Waals surface area contributed by atoms with E-state index >= 15 is 0 Å². The molecule has 1 saturated heterocycles. The molecule has 1 amide bonds. The summed E-state index contributed by atoms with van der Waals surface area (Å²) in [5, 5.41) is 2.62. The maximum absolute atomic E-state index is 12.0. The third-order valence-corrected chi connectivity index (χ3v) is 3.70. The standard InChI is InChI=1S/C17H24N2O4/c1-3-18-16(20)13(2)23-17(21)15-6-4-14(5-7-15)12-19-8-10-22-11-9-19/h4-7,13H,3,8-12H2,1-2H3,(H,18,20)/t13-/m1/s1. The van der Waals surface area contributed by atoms with Crippen LogP contribution in [0.2, 0.25) is 0 Å². The van der Waals surface area contributed by atoms with Gasteiger partial charge >= 0.3 is 5.97 Å². The lowest BCUT2D eigenvalue weighted by Crippen LogP contribution is -2.35. The predicted octanol–water partition coefficient (Wildman–Crippen LogP) is 1.20. The largest absolute Gasteiger partial charge is 0.449 e. The van der Waals surface area contributed by atoms with Gasteiger partial charge < -0.3 is 14.8 Å². The van der Waals surface area contributed by atoms with Crippen molar-refractivity contribution in [3.8, 4) is 0 Å². The van der Waals surface area contributed by atoms with E-state index in [0.717, 1.165) is 38.4 Å². The molecule has 126 valence electrons. The zero-order valence-electron chi connectivity index (χ0n) is 13.7. The molecule has 1 heterocycles. The molecule has 1 aromatic carbocycles. The van der Waals surface area contributed by atoms with Gasteiger partial charge in [-0.05, 0) is 31.5 Å². The molecule has 6 heteroatoms. The molecule has 0 unspecified atom stereocenters. The van der Waals surface area contributed by atoms with Crippen molar-refractivity contribution in [3.63, 3.8) is 0 Å². The van der Waals surface area contributed by atoms with Crippen molar-refractivity contribution >= 4 is 11.9 Å². The molecule has 1 atom stereocenters. The summed E-state index contributed by atoms with van der Waals surface area (Å²) in [5.41, 5.74) is 1.59. The third-order valence-electron chi connectivity index (χ3n) is 3.70. The molecule has 0 radical (unpaired) electrons. The molecule has 2 rings (SSSR count). The molecule has 6 nitrogen and oxygen atoms in total. The summed E-state index contributed by atoms with van der Waals surface area (Å²) in [6.45, 7) is 8.12. The first-order chi connectivity index (χ1) is 11.1. The number of nitrogens with zero attached hydrogens (tertiary/aromatic N) is 1. The highest BCUT2D eigenvalue weighted by Crippen LogP contribution is 2.11. The van der Waals surface area contributed by atoms with E-state index in [2.05, 4.69) is 10.2 Å². The molecule has 0 spiro atoms. The van der Waals surface area contributed by atoms with Gasteiger partial charge in [-0.2, -0.15) is 0 Å². The summed E-state index contributed by atoms with van der Waals surface area (Å²) in [5.74, 6) is -0.772. The van der Waals surface area contributed by atoms with Gasteiger partial charge in [0.1, 0.15) is 0 Å². The first-order valence-corrected chi connectivity index (χ1v) is 7.98. The first kappa shape index (κ1) is 17.4. The molecule has 1 aliphatic rings. The minimum Gasteiger partial charge on any atom is -0.449 e. The Morgan fingerprint density at radius 1 is 1.26 bits per heavy atom. The van der Waals surface area contributed by atoms with Crippen molar-refractivity contribution in [1.29, 1.82) is 0 Å². The monoisotopic (exact) mass is 320 g/mol. The fraction of sp³-hybridized carbons (Fsp3) is 0.529. The maximum Gasteiger partial charge on any atom is 0.338 e. The van der Waals surface area contributed by atoms with Crippen LogP contribution in [0.5, 0.6) is 0 Å². The van der Waals surface area contributed by atoms with Crippen LogP contribution in [0.4, 0.5) is 0 Å². The van der Waals surface area contributed by atoms with E-state index < -0.39 is 12.1 Å². The Morgan fingerprint density at radius 3 is 2.52 bits per heavy atom. The Kier molecular flexibility index (Phi) is 6.55. The Labute approximate surface area is 136 Å². The topological polar surface area (TPSA) is 67.9 Å². The molecular formula is C17H24N2O4. The van der Waals surface area contributed by atoms with Crippen molar-refractivity contribution in [2.45, 2.75) is 26.5 Å². The summed E-state index contributed by atoms with van der Waals surface area (Å²) in [6, 6.07) is 7.32. The van der Waals surface area contributed by atoms with Crippen molar-refractivity contribution in [2.75, 3.05) is 32.8 Å². The van der Waals surface area contributed by atoms with Crippen molar-refractivity contribution < 1.29 is 19.1 Å². The van der Waals surface area contributed by atoms with Crippen LogP contribution in [0.1, 0.15) is 29.8 Å². The van der Waals surface area contributed by atoms with Crippen LogP contribution < -0.4 is 5.32 Å². The molecule has 1 fully saturated rings. The second-order valence-electron chi connectivity index (χ2n) is 5.53. The Balaban J connectivity index is 1.88. The predicted molar refractivity (Wildman–Crippen MR) is 86.1 cm³/mol. The second kappa shape index (κ2) is 8.64. The lowest BCUT2D eigenvalue weighted by molar-refractivity contribution is -0.128. The average Bonchev–Trinajstić information content (AvgIpc) is 2.56. The van der Waals surface area contributed by atoms with Gasteiger partial charge in [0.2, 0.25) is 0 Å². The van der Waals surface area contributed by atoms with Crippen molar-refractivity contribution in [3.05, 3.63) is 35.4 Å².